The van der Waals surface area contributed by atoms with Gasteiger partial charge in [0.2, 0.25) is 10.0 Å². The largest absolute Gasteiger partial charge is 0.465 e. The third kappa shape index (κ3) is 4.02. The molecule has 1 aromatic rings. The monoisotopic (exact) mass is 286 g/mol. The second-order valence-electron chi connectivity index (χ2n) is 3.99. The maximum Gasteiger partial charge on any atom is 0.339 e. The van der Waals surface area contributed by atoms with Crippen molar-refractivity contribution in [1.82, 2.24) is 10.0 Å². The van der Waals surface area contributed by atoms with Crippen LogP contribution >= 0.6 is 0 Å². The van der Waals surface area contributed by atoms with Gasteiger partial charge in [0.15, 0.2) is 0 Å². The molecule has 0 aliphatic heterocycles. The molecule has 0 fully saturated rings. The third-order valence-corrected chi connectivity index (χ3v) is 4.02. The van der Waals surface area contributed by atoms with E-state index in [0.29, 0.717) is 6.54 Å². The van der Waals surface area contributed by atoms with Gasteiger partial charge in [0.1, 0.15) is 0 Å². The summed E-state index contributed by atoms with van der Waals surface area (Å²) in [5, 5.41) is 2.83. The van der Waals surface area contributed by atoms with Crippen LogP contribution in [-0.2, 0) is 14.8 Å². The molecule has 0 bridgehead atoms. The molecule has 0 saturated carbocycles. The number of nitrogens with one attached hydrogen (secondary N) is 2. The normalized spacial score (nSPS) is 11.3. The molecule has 1 aromatic carbocycles. The molecule has 2 N–H and O–H groups in total. The molecule has 106 valence electrons. The van der Waals surface area contributed by atoms with E-state index in [0.717, 1.165) is 5.56 Å². The third-order valence-electron chi connectivity index (χ3n) is 2.50. The Morgan fingerprint density at radius 2 is 2.00 bits per heavy atom. The molecule has 7 heteroatoms. The minimum absolute atomic E-state index is 0.0412. The molecule has 0 aliphatic carbocycles. The molecule has 0 saturated heterocycles. The molecule has 0 spiro atoms. The molecular weight excluding hydrogens is 268 g/mol. The fourth-order valence-corrected chi connectivity index (χ4v) is 2.74. The first-order chi connectivity index (χ1) is 8.92. The first-order valence-corrected chi connectivity index (χ1v) is 7.24. The number of benzene rings is 1. The number of aryl methyl sites for hydroxylation is 1. The Balaban J connectivity index is 3.15. The summed E-state index contributed by atoms with van der Waals surface area (Å²) in [4.78, 5) is 11.6. The number of hydrogen-bond acceptors (Lipinski definition) is 5. The van der Waals surface area contributed by atoms with E-state index in [4.69, 9.17) is 0 Å². The van der Waals surface area contributed by atoms with Crippen LogP contribution in [0.5, 0.6) is 0 Å². The summed E-state index contributed by atoms with van der Waals surface area (Å²) in [5.74, 6) is -0.669. The fourth-order valence-electron chi connectivity index (χ4n) is 1.54. The maximum absolute atomic E-state index is 12.1. The zero-order chi connectivity index (χ0) is 14.5. The lowest BCUT2D eigenvalue weighted by molar-refractivity contribution is 0.0596. The van der Waals surface area contributed by atoms with Gasteiger partial charge < -0.3 is 10.1 Å². The number of sulfonamides is 1. The van der Waals surface area contributed by atoms with Crippen molar-refractivity contribution in [3.63, 3.8) is 0 Å². The summed E-state index contributed by atoms with van der Waals surface area (Å²) in [6.07, 6.45) is 0. The van der Waals surface area contributed by atoms with Gasteiger partial charge >= 0.3 is 5.97 Å². The smallest absolute Gasteiger partial charge is 0.339 e. The number of carbonyl (C=O) groups excluding carboxylic acids is 1. The molecule has 0 heterocycles. The average Bonchev–Trinajstić information content (AvgIpc) is 2.37. The minimum Gasteiger partial charge on any atom is -0.465 e. The van der Waals surface area contributed by atoms with E-state index in [1.165, 1.54) is 19.2 Å². The van der Waals surface area contributed by atoms with E-state index < -0.39 is 16.0 Å². The van der Waals surface area contributed by atoms with Crippen LogP contribution in [0, 0.1) is 6.92 Å². The van der Waals surface area contributed by atoms with Crippen LogP contribution in [0.4, 0.5) is 0 Å². The van der Waals surface area contributed by atoms with Crippen LogP contribution in [0.1, 0.15) is 15.9 Å². The van der Waals surface area contributed by atoms with Crippen molar-refractivity contribution in [3.8, 4) is 0 Å². The Labute approximate surface area is 113 Å². The number of esters is 1. The number of carbonyl (C=O) groups is 1. The Morgan fingerprint density at radius 1 is 1.32 bits per heavy atom. The Morgan fingerprint density at radius 3 is 2.58 bits per heavy atom. The van der Waals surface area contributed by atoms with Gasteiger partial charge in [-0.2, -0.15) is 0 Å². The molecule has 0 radical (unpaired) electrons. The highest BCUT2D eigenvalue weighted by molar-refractivity contribution is 7.89. The lowest BCUT2D eigenvalue weighted by atomic mass is 10.1. The van der Waals surface area contributed by atoms with Crippen LogP contribution in [-0.4, -0.2) is 41.6 Å². The second-order valence-corrected chi connectivity index (χ2v) is 5.73. The second kappa shape index (κ2) is 6.65. The zero-order valence-corrected chi connectivity index (χ0v) is 12.0. The van der Waals surface area contributed by atoms with Gasteiger partial charge in [-0.15, -0.1) is 0 Å². The van der Waals surface area contributed by atoms with Crippen LogP contribution in [0.15, 0.2) is 23.1 Å². The highest BCUT2D eigenvalue weighted by atomic mass is 32.2. The van der Waals surface area contributed by atoms with Gasteiger partial charge in [0, 0.05) is 13.1 Å². The number of hydrogen-bond donors (Lipinski definition) is 2. The summed E-state index contributed by atoms with van der Waals surface area (Å²) >= 11 is 0. The van der Waals surface area contributed by atoms with Crippen LogP contribution in [0.2, 0.25) is 0 Å². The number of ether oxygens (including phenoxy) is 1. The zero-order valence-electron chi connectivity index (χ0n) is 11.2. The highest BCUT2D eigenvalue weighted by Gasteiger charge is 2.22. The van der Waals surface area contributed by atoms with Gasteiger partial charge in [0.05, 0.1) is 17.6 Å². The van der Waals surface area contributed by atoms with Crippen molar-refractivity contribution in [2.24, 2.45) is 0 Å². The molecule has 1 rings (SSSR count). The molecule has 0 atom stereocenters. The van der Waals surface area contributed by atoms with Crippen LogP contribution < -0.4 is 10.0 Å². The predicted octanol–water partition coefficient (Wildman–Crippen LogP) is 0.279. The fraction of sp³-hybridized carbons (Fsp3) is 0.417. The average molecular weight is 286 g/mol. The van der Waals surface area contributed by atoms with Gasteiger partial charge in [-0.05, 0) is 26.1 Å². The van der Waals surface area contributed by atoms with Crippen molar-refractivity contribution in [3.05, 3.63) is 29.3 Å². The SMILES string of the molecule is CNCCNS(=O)(=O)c1ccc(C)cc1C(=O)OC. The quantitative estimate of drug-likeness (QED) is 0.579. The van der Waals surface area contributed by atoms with E-state index in [2.05, 4.69) is 14.8 Å². The summed E-state index contributed by atoms with van der Waals surface area (Å²) in [6.45, 7) is 2.52. The molecule has 0 unspecified atom stereocenters. The maximum atomic E-state index is 12.1. The minimum atomic E-state index is -3.73. The lowest BCUT2D eigenvalue weighted by Crippen LogP contribution is -2.31. The molecule has 0 aromatic heterocycles. The van der Waals surface area contributed by atoms with Crippen molar-refractivity contribution in [2.45, 2.75) is 11.8 Å². The molecule has 0 aliphatic rings. The van der Waals surface area contributed by atoms with E-state index in [9.17, 15) is 13.2 Å². The van der Waals surface area contributed by atoms with E-state index in [-0.39, 0.29) is 17.0 Å². The molecule has 19 heavy (non-hydrogen) atoms. The van der Waals surface area contributed by atoms with Gasteiger partial charge in [-0.1, -0.05) is 11.6 Å². The Bertz CT molecular complexity index is 555. The molecule has 6 nitrogen and oxygen atoms in total. The van der Waals surface area contributed by atoms with E-state index >= 15 is 0 Å². The van der Waals surface area contributed by atoms with E-state index in [1.54, 1.807) is 20.0 Å². The summed E-state index contributed by atoms with van der Waals surface area (Å²) in [5.41, 5.74) is 0.828. The highest BCUT2D eigenvalue weighted by Crippen LogP contribution is 2.18. The van der Waals surface area contributed by atoms with Crippen molar-refractivity contribution < 1.29 is 17.9 Å². The van der Waals surface area contributed by atoms with Gasteiger partial charge in [-0.3, -0.25) is 0 Å². The Kier molecular flexibility index (Phi) is 5.46. The van der Waals surface area contributed by atoms with Crippen molar-refractivity contribution in [2.75, 3.05) is 27.2 Å². The number of rotatable bonds is 6. The summed E-state index contributed by atoms with van der Waals surface area (Å²) in [6, 6.07) is 4.54. The number of methoxy groups -OCH3 is 1. The van der Waals surface area contributed by atoms with Crippen molar-refractivity contribution >= 4 is 16.0 Å². The predicted molar refractivity (Wildman–Crippen MR) is 71.6 cm³/mol. The van der Waals surface area contributed by atoms with Crippen LogP contribution in [0.3, 0.4) is 0 Å². The first kappa shape index (κ1) is 15.6. The van der Waals surface area contributed by atoms with Crippen molar-refractivity contribution in [1.29, 1.82) is 0 Å². The lowest BCUT2D eigenvalue weighted by Gasteiger charge is -2.11. The standard InChI is InChI=1S/C12H18N2O4S/c1-9-4-5-11(10(8-9)12(15)18-3)19(16,17)14-7-6-13-2/h4-5,8,13-14H,6-7H2,1-3H3. The summed E-state index contributed by atoms with van der Waals surface area (Å²) < 4.78 is 31.3. The summed E-state index contributed by atoms with van der Waals surface area (Å²) in [7, 11) is -0.786. The van der Waals surface area contributed by atoms with Crippen LogP contribution in [0.25, 0.3) is 0 Å². The van der Waals surface area contributed by atoms with E-state index in [1.807, 2.05) is 0 Å². The molecule has 0 amide bonds. The molecular formula is C12H18N2O4S. The number of likely N-dealkylation sites (N-methyl/N-ethyl adjacent to an activating group) is 1. The Hall–Kier alpha value is -1.44. The van der Waals surface area contributed by atoms with Gasteiger partial charge in [-0.25, -0.2) is 17.9 Å². The topological polar surface area (TPSA) is 84.5 Å². The first-order valence-electron chi connectivity index (χ1n) is 5.75. The van der Waals surface area contributed by atoms with Gasteiger partial charge in [0.25, 0.3) is 0 Å².